The van der Waals surface area contributed by atoms with E-state index < -0.39 is 5.97 Å². The van der Waals surface area contributed by atoms with Gasteiger partial charge in [0.25, 0.3) is 0 Å². The van der Waals surface area contributed by atoms with Crippen molar-refractivity contribution in [3.63, 3.8) is 0 Å². The van der Waals surface area contributed by atoms with Gasteiger partial charge in [0.1, 0.15) is 5.69 Å². The number of hydrogen-bond acceptors (Lipinski definition) is 5. The second-order valence-corrected chi connectivity index (χ2v) is 3.98. The Kier molecular flexibility index (Phi) is 3.93. The average molecular weight is 236 g/mol. The second-order valence-electron chi connectivity index (χ2n) is 3.98. The molecule has 0 saturated carbocycles. The highest BCUT2D eigenvalue weighted by molar-refractivity contribution is 5.88. The lowest BCUT2D eigenvalue weighted by atomic mass is 10.1. The number of aromatic nitrogens is 1. The van der Waals surface area contributed by atoms with Gasteiger partial charge in [-0.1, -0.05) is 0 Å². The third-order valence-corrected chi connectivity index (χ3v) is 2.69. The molecule has 0 bridgehead atoms. The smallest absolute Gasteiger partial charge is 0.356 e. The molecule has 92 valence electrons. The fraction of sp³-hybridized carbons (Fsp3) is 0.500. The number of anilines is 1. The summed E-state index contributed by atoms with van der Waals surface area (Å²) in [5.74, 6) is -0.423. The molecule has 0 radical (unpaired) electrons. The lowest BCUT2D eigenvalue weighted by Crippen LogP contribution is -2.30. The minimum atomic E-state index is -0.423. The van der Waals surface area contributed by atoms with Crippen LogP contribution in [0.5, 0.6) is 0 Å². The predicted molar refractivity (Wildman–Crippen MR) is 63.0 cm³/mol. The fourth-order valence-corrected chi connectivity index (χ4v) is 1.83. The summed E-state index contributed by atoms with van der Waals surface area (Å²) >= 11 is 0. The summed E-state index contributed by atoms with van der Waals surface area (Å²) in [6.07, 6.45) is 3.74. The number of rotatable bonds is 3. The topological polar surface area (TPSA) is 60.5 Å². The molecule has 1 N–H and O–H groups in total. The monoisotopic (exact) mass is 236 g/mol. The van der Waals surface area contributed by atoms with Crippen LogP contribution in [0.1, 0.15) is 23.3 Å². The number of nitrogens with one attached hydrogen (secondary N) is 1. The highest BCUT2D eigenvalue weighted by Gasteiger charge is 2.14. The second kappa shape index (κ2) is 5.63. The Balaban J connectivity index is 2.02. The van der Waals surface area contributed by atoms with Crippen LogP contribution in [0.25, 0.3) is 0 Å². The van der Waals surface area contributed by atoms with Gasteiger partial charge in [0, 0.05) is 24.5 Å². The molecule has 0 amide bonds. The molecular weight excluding hydrogens is 220 g/mol. The van der Waals surface area contributed by atoms with Crippen molar-refractivity contribution >= 4 is 11.7 Å². The standard InChI is InChI=1S/C12H16N2O3/c1-16-12(15)11-7-9(4-5-13-11)14-10-3-2-6-17-8-10/h4-5,7,10H,2-3,6,8H2,1H3,(H,13,14). The summed E-state index contributed by atoms with van der Waals surface area (Å²) < 4.78 is 10.0. The summed E-state index contributed by atoms with van der Waals surface area (Å²) in [4.78, 5) is 15.3. The number of carbonyl (C=O) groups is 1. The molecule has 2 rings (SSSR count). The van der Waals surface area contributed by atoms with Crippen molar-refractivity contribution in [2.24, 2.45) is 0 Å². The lowest BCUT2D eigenvalue weighted by Gasteiger charge is -2.24. The van der Waals surface area contributed by atoms with Crippen molar-refractivity contribution in [1.29, 1.82) is 0 Å². The molecule has 1 saturated heterocycles. The van der Waals surface area contributed by atoms with E-state index in [2.05, 4.69) is 15.0 Å². The van der Waals surface area contributed by atoms with E-state index in [1.54, 1.807) is 12.3 Å². The number of ether oxygens (including phenoxy) is 2. The van der Waals surface area contributed by atoms with Crippen molar-refractivity contribution in [1.82, 2.24) is 4.98 Å². The van der Waals surface area contributed by atoms with E-state index in [9.17, 15) is 4.79 Å². The van der Waals surface area contributed by atoms with E-state index in [1.165, 1.54) is 7.11 Å². The minimum Gasteiger partial charge on any atom is -0.464 e. The molecular formula is C12H16N2O3. The number of carbonyl (C=O) groups excluding carboxylic acids is 1. The molecule has 1 atom stereocenters. The maximum atomic E-state index is 11.3. The Morgan fingerprint density at radius 2 is 2.53 bits per heavy atom. The van der Waals surface area contributed by atoms with Crippen LogP contribution in [-0.2, 0) is 9.47 Å². The third kappa shape index (κ3) is 3.17. The van der Waals surface area contributed by atoms with Crippen molar-refractivity contribution in [3.05, 3.63) is 24.0 Å². The molecule has 1 unspecified atom stereocenters. The van der Waals surface area contributed by atoms with Gasteiger partial charge in [-0.3, -0.25) is 0 Å². The Labute approximate surface area is 100 Å². The fourth-order valence-electron chi connectivity index (χ4n) is 1.83. The van der Waals surface area contributed by atoms with Gasteiger partial charge in [0.2, 0.25) is 0 Å². The first-order valence-corrected chi connectivity index (χ1v) is 5.68. The predicted octanol–water partition coefficient (Wildman–Crippen LogP) is 1.46. The quantitative estimate of drug-likeness (QED) is 0.805. The summed E-state index contributed by atoms with van der Waals surface area (Å²) in [7, 11) is 1.35. The van der Waals surface area contributed by atoms with Gasteiger partial charge in [-0.25, -0.2) is 9.78 Å². The number of hydrogen-bond donors (Lipinski definition) is 1. The van der Waals surface area contributed by atoms with Crippen LogP contribution in [0.3, 0.4) is 0 Å². The Hall–Kier alpha value is -1.62. The van der Waals surface area contributed by atoms with E-state index >= 15 is 0 Å². The summed E-state index contributed by atoms with van der Waals surface area (Å²) in [5, 5.41) is 3.33. The first-order chi connectivity index (χ1) is 8.29. The zero-order valence-corrected chi connectivity index (χ0v) is 9.81. The molecule has 0 spiro atoms. The largest absolute Gasteiger partial charge is 0.464 e. The first kappa shape index (κ1) is 11.9. The Bertz CT molecular complexity index is 389. The van der Waals surface area contributed by atoms with Crippen LogP contribution in [0.15, 0.2) is 18.3 Å². The third-order valence-electron chi connectivity index (χ3n) is 2.69. The number of pyridine rings is 1. The zero-order valence-electron chi connectivity index (χ0n) is 9.81. The highest BCUT2D eigenvalue weighted by atomic mass is 16.5. The van der Waals surface area contributed by atoms with E-state index in [1.807, 2.05) is 6.07 Å². The molecule has 2 heterocycles. The average Bonchev–Trinajstić information content (AvgIpc) is 2.39. The van der Waals surface area contributed by atoms with E-state index in [4.69, 9.17) is 4.74 Å². The van der Waals surface area contributed by atoms with Gasteiger partial charge in [-0.05, 0) is 25.0 Å². The summed E-state index contributed by atoms with van der Waals surface area (Å²) in [6, 6.07) is 3.83. The molecule has 0 aromatic carbocycles. The molecule has 5 heteroatoms. The lowest BCUT2D eigenvalue weighted by molar-refractivity contribution is 0.0594. The van der Waals surface area contributed by atoms with E-state index in [0.717, 1.165) is 25.1 Å². The number of methoxy groups -OCH3 is 1. The van der Waals surface area contributed by atoms with Crippen molar-refractivity contribution in [3.8, 4) is 0 Å². The van der Waals surface area contributed by atoms with Crippen LogP contribution < -0.4 is 5.32 Å². The van der Waals surface area contributed by atoms with Gasteiger partial charge in [-0.15, -0.1) is 0 Å². The van der Waals surface area contributed by atoms with Gasteiger partial charge in [0.05, 0.1) is 13.7 Å². The number of esters is 1. The molecule has 5 nitrogen and oxygen atoms in total. The molecule has 1 aliphatic rings. The highest BCUT2D eigenvalue weighted by Crippen LogP contribution is 2.15. The molecule has 0 aliphatic carbocycles. The van der Waals surface area contributed by atoms with Gasteiger partial charge >= 0.3 is 5.97 Å². The van der Waals surface area contributed by atoms with Gasteiger partial charge < -0.3 is 14.8 Å². The molecule has 17 heavy (non-hydrogen) atoms. The maximum absolute atomic E-state index is 11.3. The SMILES string of the molecule is COC(=O)c1cc(NC2CCCOC2)ccn1. The maximum Gasteiger partial charge on any atom is 0.356 e. The zero-order chi connectivity index (χ0) is 12.1. The minimum absolute atomic E-state index is 0.302. The first-order valence-electron chi connectivity index (χ1n) is 5.68. The Morgan fingerprint density at radius 1 is 1.65 bits per heavy atom. The van der Waals surface area contributed by atoms with Crippen LogP contribution >= 0.6 is 0 Å². The van der Waals surface area contributed by atoms with E-state index in [-0.39, 0.29) is 0 Å². The number of nitrogens with zero attached hydrogens (tertiary/aromatic N) is 1. The Morgan fingerprint density at radius 3 is 3.24 bits per heavy atom. The van der Waals surface area contributed by atoms with Crippen LogP contribution in [-0.4, -0.2) is 37.3 Å². The van der Waals surface area contributed by atoms with Crippen LogP contribution in [0.4, 0.5) is 5.69 Å². The van der Waals surface area contributed by atoms with Gasteiger partial charge in [0.15, 0.2) is 0 Å². The van der Waals surface area contributed by atoms with Crippen LogP contribution in [0, 0.1) is 0 Å². The van der Waals surface area contributed by atoms with E-state index in [0.29, 0.717) is 18.3 Å². The van der Waals surface area contributed by atoms with Crippen LogP contribution in [0.2, 0.25) is 0 Å². The summed E-state index contributed by atoms with van der Waals surface area (Å²) in [6.45, 7) is 1.54. The molecule has 1 aliphatic heterocycles. The summed E-state index contributed by atoms with van der Waals surface area (Å²) in [5.41, 5.74) is 1.19. The van der Waals surface area contributed by atoms with Crippen molar-refractivity contribution < 1.29 is 14.3 Å². The van der Waals surface area contributed by atoms with Gasteiger partial charge in [-0.2, -0.15) is 0 Å². The van der Waals surface area contributed by atoms with Crippen molar-refractivity contribution in [2.75, 3.05) is 25.6 Å². The molecule has 1 aromatic heterocycles. The molecule has 1 fully saturated rings. The normalized spacial score (nSPS) is 19.7. The molecule has 1 aromatic rings. The van der Waals surface area contributed by atoms with Crippen molar-refractivity contribution in [2.45, 2.75) is 18.9 Å².